The van der Waals surface area contributed by atoms with Gasteiger partial charge < -0.3 is 9.84 Å². The van der Waals surface area contributed by atoms with Crippen molar-refractivity contribution in [3.05, 3.63) is 47.6 Å². The summed E-state index contributed by atoms with van der Waals surface area (Å²) < 4.78 is 5.43. The molecule has 0 radical (unpaired) electrons. The summed E-state index contributed by atoms with van der Waals surface area (Å²) in [6, 6.07) is 10.5. The highest BCUT2D eigenvalue weighted by molar-refractivity contribution is 5.30. The summed E-state index contributed by atoms with van der Waals surface area (Å²) in [5, 5.41) is 7.56. The first-order chi connectivity index (χ1) is 9.18. The molecule has 1 atom stereocenters. The molecule has 2 aromatic rings. The Kier molecular flexibility index (Phi) is 3.11. The van der Waals surface area contributed by atoms with Gasteiger partial charge in [0, 0.05) is 0 Å². The molecule has 19 heavy (non-hydrogen) atoms. The lowest BCUT2D eigenvalue weighted by Gasteiger charge is -2.20. The second-order valence-electron chi connectivity index (χ2n) is 5.60. The normalized spacial score (nSPS) is 19.8. The van der Waals surface area contributed by atoms with Crippen LogP contribution in [-0.4, -0.2) is 16.7 Å². The quantitative estimate of drug-likeness (QED) is 0.918. The van der Waals surface area contributed by atoms with Crippen LogP contribution >= 0.6 is 0 Å². The Morgan fingerprint density at radius 1 is 1.26 bits per heavy atom. The average molecular weight is 257 g/mol. The Bertz CT molecular complexity index is 542. The fourth-order valence-corrected chi connectivity index (χ4v) is 2.51. The van der Waals surface area contributed by atoms with E-state index in [1.165, 1.54) is 12.0 Å². The van der Waals surface area contributed by atoms with Gasteiger partial charge in [0.05, 0.1) is 11.5 Å². The Hall–Kier alpha value is -1.68. The van der Waals surface area contributed by atoms with E-state index < -0.39 is 0 Å². The van der Waals surface area contributed by atoms with Crippen molar-refractivity contribution in [1.82, 2.24) is 15.5 Å². The number of hydrogen-bond acceptors (Lipinski definition) is 4. The SMILES string of the molecule is CC(C)(c1ccccc1)c1noc([C@@H]2CCCN2)n1. The first-order valence-electron chi connectivity index (χ1n) is 6.81. The molecule has 1 aromatic carbocycles. The summed E-state index contributed by atoms with van der Waals surface area (Å²) in [4.78, 5) is 4.60. The van der Waals surface area contributed by atoms with E-state index >= 15 is 0 Å². The minimum Gasteiger partial charge on any atom is -0.338 e. The number of hydrogen-bond donors (Lipinski definition) is 1. The summed E-state index contributed by atoms with van der Waals surface area (Å²) in [6.07, 6.45) is 2.25. The van der Waals surface area contributed by atoms with Crippen LogP contribution in [0.2, 0.25) is 0 Å². The minimum atomic E-state index is -0.235. The van der Waals surface area contributed by atoms with Crippen LogP contribution < -0.4 is 5.32 Å². The van der Waals surface area contributed by atoms with Crippen LogP contribution in [0.5, 0.6) is 0 Å². The summed E-state index contributed by atoms with van der Waals surface area (Å²) in [5.74, 6) is 1.47. The number of nitrogens with one attached hydrogen (secondary N) is 1. The molecule has 1 N–H and O–H groups in total. The van der Waals surface area contributed by atoms with Crippen molar-refractivity contribution in [2.75, 3.05) is 6.54 Å². The van der Waals surface area contributed by atoms with E-state index in [2.05, 4.69) is 41.4 Å². The fraction of sp³-hybridized carbons (Fsp3) is 0.467. The van der Waals surface area contributed by atoms with Gasteiger partial charge in [0.1, 0.15) is 0 Å². The molecule has 1 saturated heterocycles. The van der Waals surface area contributed by atoms with Gasteiger partial charge in [0.25, 0.3) is 0 Å². The highest BCUT2D eigenvalue weighted by atomic mass is 16.5. The van der Waals surface area contributed by atoms with Crippen molar-refractivity contribution in [2.24, 2.45) is 0 Å². The lowest BCUT2D eigenvalue weighted by molar-refractivity contribution is 0.337. The van der Waals surface area contributed by atoms with Crippen LogP contribution in [0, 0.1) is 0 Å². The first-order valence-corrected chi connectivity index (χ1v) is 6.81. The number of nitrogens with zero attached hydrogens (tertiary/aromatic N) is 2. The van der Waals surface area contributed by atoms with Gasteiger partial charge in [0.15, 0.2) is 5.82 Å². The van der Waals surface area contributed by atoms with Crippen LogP contribution in [0.15, 0.2) is 34.9 Å². The Labute approximate surface area is 113 Å². The molecule has 3 rings (SSSR count). The predicted octanol–water partition coefficient (Wildman–Crippen LogP) is 2.82. The van der Waals surface area contributed by atoms with Gasteiger partial charge in [-0.25, -0.2) is 0 Å². The Morgan fingerprint density at radius 2 is 2.05 bits per heavy atom. The van der Waals surface area contributed by atoms with E-state index in [4.69, 9.17) is 4.52 Å². The zero-order valence-corrected chi connectivity index (χ0v) is 11.4. The molecule has 2 heterocycles. The topological polar surface area (TPSA) is 51.0 Å². The van der Waals surface area contributed by atoms with Gasteiger partial charge >= 0.3 is 0 Å². The first kappa shape index (κ1) is 12.4. The van der Waals surface area contributed by atoms with Crippen molar-refractivity contribution in [3.63, 3.8) is 0 Å². The molecule has 0 aliphatic carbocycles. The van der Waals surface area contributed by atoms with Crippen LogP contribution in [0.25, 0.3) is 0 Å². The van der Waals surface area contributed by atoms with E-state index in [0.717, 1.165) is 24.7 Å². The van der Waals surface area contributed by atoms with Gasteiger partial charge in [-0.1, -0.05) is 35.5 Å². The van der Waals surface area contributed by atoms with Crippen LogP contribution in [0.3, 0.4) is 0 Å². The molecule has 1 aromatic heterocycles. The van der Waals surface area contributed by atoms with Crippen molar-refractivity contribution < 1.29 is 4.52 Å². The van der Waals surface area contributed by atoms with Crippen LogP contribution in [0.1, 0.15) is 50.0 Å². The zero-order valence-electron chi connectivity index (χ0n) is 11.4. The van der Waals surface area contributed by atoms with Crippen molar-refractivity contribution in [3.8, 4) is 0 Å². The Balaban J connectivity index is 1.89. The predicted molar refractivity (Wildman–Crippen MR) is 72.8 cm³/mol. The second kappa shape index (κ2) is 4.78. The van der Waals surface area contributed by atoms with Crippen LogP contribution in [0.4, 0.5) is 0 Å². The molecular formula is C15H19N3O. The molecular weight excluding hydrogens is 238 g/mol. The fourth-order valence-electron chi connectivity index (χ4n) is 2.51. The van der Waals surface area contributed by atoms with Crippen molar-refractivity contribution in [1.29, 1.82) is 0 Å². The molecule has 4 heteroatoms. The zero-order chi connectivity index (χ0) is 13.3. The average Bonchev–Trinajstić information content (AvgIpc) is 3.10. The number of benzene rings is 1. The maximum Gasteiger partial charge on any atom is 0.243 e. The number of rotatable bonds is 3. The monoisotopic (exact) mass is 257 g/mol. The number of aromatic nitrogens is 2. The molecule has 1 aliphatic heterocycles. The van der Waals surface area contributed by atoms with Crippen LogP contribution in [-0.2, 0) is 5.41 Å². The standard InChI is InChI=1S/C15H19N3O/c1-15(2,11-7-4-3-5-8-11)14-17-13(19-18-14)12-9-6-10-16-12/h3-5,7-8,12,16H,6,9-10H2,1-2H3/t12-/m0/s1. The minimum absolute atomic E-state index is 0.229. The molecule has 0 saturated carbocycles. The molecule has 0 unspecified atom stereocenters. The summed E-state index contributed by atoms with van der Waals surface area (Å²) >= 11 is 0. The smallest absolute Gasteiger partial charge is 0.243 e. The van der Waals surface area contributed by atoms with Crippen molar-refractivity contribution >= 4 is 0 Å². The highest BCUT2D eigenvalue weighted by Gasteiger charge is 2.31. The molecule has 4 nitrogen and oxygen atoms in total. The lowest BCUT2D eigenvalue weighted by atomic mass is 9.84. The third-order valence-corrected chi connectivity index (χ3v) is 3.85. The Morgan fingerprint density at radius 3 is 2.74 bits per heavy atom. The van der Waals surface area contributed by atoms with E-state index in [9.17, 15) is 0 Å². The van der Waals surface area contributed by atoms with E-state index in [0.29, 0.717) is 0 Å². The second-order valence-corrected chi connectivity index (χ2v) is 5.60. The van der Waals surface area contributed by atoms with E-state index in [1.807, 2.05) is 18.2 Å². The third kappa shape index (κ3) is 2.28. The molecule has 100 valence electrons. The summed E-state index contributed by atoms with van der Waals surface area (Å²) in [6.45, 7) is 5.28. The van der Waals surface area contributed by atoms with Gasteiger partial charge in [-0.2, -0.15) is 4.98 Å². The van der Waals surface area contributed by atoms with Gasteiger partial charge in [-0.05, 0) is 38.8 Å². The third-order valence-electron chi connectivity index (χ3n) is 3.85. The maximum absolute atomic E-state index is 5.43. The maximum atomic E-state index is 5.43. The largest absolute Gasteiger partial charge is 0.338 e. The van der Waals surface area contributed by atoms with E-state index in [1.54, 1.807) is 0 Å². The van der Waals surface area contributed by atoms with Gasteiger partial charge in [-0.15, -0.1) is 0 Å². The molecule has 0 bridgehead atoms. The summed E-state index contributed by atoms with van der Waals surface area (Å²) in [5.41, 5.74) is 0.962. The molecule has 0 spiro atoms. The van der Waals surface area contributed by atoms with Gasteiger partial charge in [0.2, 0.25) is 5.89 Å². The van der Waals surface area contributed by atoms with E-state index in [-0.39, 0.29) is 11.5 Å². The molecule has 1 aliphatic rings. The van der Waals surface area contributed by atoms with Crippen molar-refractivity contribution in [2.45, 2.75) is 38.1 Å². The lowest BCUT2D eigenvalue weighted by Crippen LogP contribution is -2.21. The highest BCUT2D eigenvalue weighted by Crippen LogP contribution is 2.30. The molecule has 1 fully saturated rings. The summed E-state index contributed by atoms with van der Waals surface area (Å²) in [7, 11) is 0. The van der Waals surface area contributed by atoms with Gasteiger partial charge in [-0.3, -0.25) is 0 Å². The molecule has 0 amide bonds.